The molecular formula is C73H100N16O27. The van der Waals surface area contributed by atoms with E-state index in [0.29, 0.717) is 11.1 Å². The summed E-state index contributed by atoms with van der Waals surface area (Å²) in [5.41, 5.74) is 1.47. The Hall–Kier alpha value is -13.1. The molecule has 23 N–H and O–H groups in total. The maximum atomic E-state index is 14.0. The summed E-state index contributed by atoms with van der Waals surface area (Å²) in [6.45, 7) is 7.41. The van der Waals surface area contributed by atoms with Gasteiger partial charge in [0.1, 0.15) is 96.7 Å². The van der Waals surface area contributed by atoms with E-state index in [4.69, 9.17) is 5.11 Å². The Morgan fingerprint density at radius 1 is 0.267 bits per heavy atom. The van der Waals surface area contributed by atoms with Gasteiger partial charge in [0.05, 0.1) is 32.7 Å². The Bertz CT molecular complexity index is 4010. The third-order valence-electron chi connectivity index (χ3n) is 17.1. The van der Waals surface area contributed by atoms with Crippen LogP contribution < -0.4 is 85.1 Å². The van der Waals surface area contributed by atoms with Crippen LogP contribution in [0.15, 0.2) is 91.0 Å². The lowest BCUT2D eigenvalue weighted by Gasteiger charge is -2.28. The number of rotatable bonds is 48. The molecule has 0 aliphatic carbocycles. The van der Waals surface area contributed by atoms with Gasteiger partial charge in [-0.05, 0) is 84.1 Å². The van der Waals surface area contributed by atoms with Gasteiger partial charge in [-0.1, -0.05) is 92.7 Å². The first-order valence-corrected chi connectivity index (χ1v) is 36.2. The molecule has 0 heterocycles. The number of nitrogens with one attached hydrogen (secondary N) is 16. The van der Waals surface area contributed by atoms with Crippen LogP contribution in [-0.2, 0) is 104 Å². The molecule has 3 rings (SSSR count). The van der Waals surface area contributed by atoms with Crippen molar-refractivity contribution in [2.45, 2.75) is 198 Å². The molecule has 3 aromatic carbocycles. The van der Waals surface area contributed by atoms with Crippen molar-refractivity contribution in [3.8, 4) is 0 Å². The van der Waals surface area contributed by atoms with Crippen molar-refractivity contribution in [2.75, 3.05) is 19.8 Å². The summed E-state index contributed by atoms with van der Waals surface area (Å²) in [6, 6.07) is -1.53. The van der Waals surface area contributed by atoms with Crippen molar-refractivity contribution in [3.05, 3.63) is 108 Å². The SMILES string of the molecule is CC(C)[C@@H](NC(=O)[C@@H](CO)NC(=O)[C@@H](CCC(=O)O)NC(=O)[C@@H](C)NC(=O)[C@@H](CC(=O)O)NC(=O)[C@@H](CO)NC(=O)[C@@H](C)NC(=O)[C@@H](C)NC(=O)[C@@H](C)NC(=O)[C@@H](Cc1ccccc1)NC(=O)[C@@H](C)NC(=O)[C@@H](Cc1ccccc1)NC(=O)[C@@H](C)NC(=O)c1ccccc1)C(=O)N[C@H](CC(=O)O)C(=O)N[C@H](CO)C(=O)N[C@H](C)C(=O)O. The fourth-order valence-corrected chi connectivity index (χ4v) is 10.3. The highest BCUT2D eigenvalue weighted by Crippen LogP contribution is 2.12. The predicted molar refractivity (Wildman–Crippen MR) is 402 cm³/mol. The van der Waals surface area contributed by atoms with Crippen molar-refractivity contribution in [1.82, 2.24) is 85.1 Å². The number of carbonyl (C=O) groups excluding carboxylic acids is 16. The molecule has 0 saturated heterocycles. The summed E-state index contributed by atoms with van der Waals surface area (Å²) in [4.78, 5) is 262. The molecule has 3 aromatic rings. The van der Waals surface area contributed by atoms with Crippen molar-refractivity contribution < 1.29 is 132 Å². The lowest BCUT2D eigenvalue weighted by Crippen LogP contribution is -2.62. The Morgan fingerprint density at radius 2 is 0.526 bits per heavy atom. The van der Waals surface area contributed by atoms with E-state index in [0.717, 1.165) is 20.8 Å². The van der Waals surface area contributed by atoms with E-state index in [1.807, 2.05) is 16.0 Å². The van der Waals surface area contributed by atoms with Gasteiger partial charge in [0, 0.05) is 24.8 Å². The van der Waals surface area contributed by atoms with Crippen LogP contribution >= 0.6 is 0 Å². The molecule has 634 valence electrons. The molecule has 16 amide bonds. The van der Waals surface area contributed by atoms with Crippen LogP contribution in [-0.4, -0.2) is 271 Å². The van der Waals surface area contributed by atoms with Crippen LogP contribution in [0.1, 0.15) is 109 Å². The maximum absolute atomic E-state index is 14.0. The van der Waals surface area contributed by atoms with Crippen LogP contribution in [0.4, 0.5) is 0 Å². The number of benzene rings is 3. The number of carboxylic acid groups (broad SMARTS) is 4. The minimum absolute atomic E-state index is 0.0399. The molecule has 0 bridgehead atoms. The highest BCUT2D eigenvalue weighted by atomic mass is 16.4. The number of carboxylic acids is 4. The fourth-order valence-electron chi connectivity index (χ4n) is 10.3. The maximum Gasteiger partial charge on any atom is 0.325 e. The quantitative estimate of drug-likeness (QED) is 0.0250. The standard InChI is InChI=1S/C73H100N16O27/c1-34(2)56(72(114)85-49(30-55(97)98)68(110)88-50(31-90)69(111)80-41(9)73(115)116)89-71(113)52(33-92)87-64(106)45(25-26-53(93)94)81-59(101)39(7)79-67(109)48(29-54(95)96)84-70(112)51(32-91)86-62(104)37(5)75-57(99)35(3)74-58(100)36(4)77-65(107)46(27-42-19-13-10-14-20-42)83-61(103)40(8)78-66(108)47(28-43-21-15-11-16-22-43)82-60(102)38(6)76-63(105)44-23-17-12-18-24-44/h10-24,34-41,45-52,56,90-92H,25-33H2,1-9H3,(H,74,100)(H,75,99)(H,76,105)(H,77,107)(H,78,108)(H,79,109)(H,80,111)(H,81,101)(H,82,102)(H,83,103)(H,84,112)(H,85,114)(H,86,104)(H,87,106)(H,88,110)(H,89,113)(H,93,94)(H,95,96)(H,97,98)(H,115,116)/t35-,36-,37-,38-,39-,40-,41-,45-,46-,47-,48-,49-,50-,51-,52-,56-/m1/s1. The first kappa shape index (κ1) is 97.1. The monoisotopic (exact) mass is 1630 g/mol. The molecule has 0 aliphatic rings. The number of hydrogen-bond acceptors (Lipinski definition) is 23. The second-order valence-electron chi connectivity index (χ2n) is 27.1. The highest BCUT2D eigenvalue weighted by molar-refractivity contribution is 6.02. The van der Waals surface area contributed by atoms with Gasteiger partial charge in [-0.15, -0.1) is 0 Å². The predicted octanol–water partition coefficient (Wildman–Crippen LogP) is -7.79. The number of amides is 16. The summed E-state index contributed by atoms with van der Waals surface area (Å²) in [6.07, 6.45) is -4.16. The van der Waals surface area contributed by atoms with E-state index in [9.17, 15) is 127 Å². The van der Waals surface area contributed by atoms with Crippen LogP contribution in [0, 0.1) is 5.92 Å². The van der Waals surface area contributed by atoms with Crippen molar-refractivity contribution in [2.24, 2.45) is 5.92 Å². The second kappa shape index (κ2) is 48.1. The molecule has 0 unspecified atom stereocenters. The van der Waals surface area contributed by atoms with E-state index in [2.05, 4.69) is 69.1 Å². The minimum atomic E-state index is -2.11. The molecule has 16 atom stereocenters. The van der Waals surface area contributed by atoms with Crippen LogP contribution in [0.25, 0.3) is 0 Å². The molecule has 0 aliphatic heterocycles. The Morgan fingerprint density at radius 3 is 0.879 bits per heavy atom. The van der Waals surface area contributed by atoms with E-state index in [1.165, 1.54) is 41.5 Å². The van der Waals surface area contributed by atoms with Crippen LogP contribution in [0.3, 0.4) is 0 Å². The van der Waals surface area contributed by atoms with Gasteiger partial charge in [-0.25, -0.2) is 0 Å². The van der Waals surface area contributed by atoms with E-state index < -0.39 is 266 Å². The molecular weight excluding hydrogens is 1530 g/mol. The Kier molecular flexibility index (Phi) is 40.3. The second-order valence-corrected chi connectivity index (χ2v) is 27.1. The molecule has 43 heteroatoms. The van der Waals surface area contributed by atoms with Crippen LogP contribution in [0.5, 0.6) is 0 Å². The lowest BCUT2D eigenvalue weighted by atomic mass is 10.0. The van der Waals surface area contributed by atoms with Crippen molar-refractivity contribution in [3.63, 3.8) is 0 Å². The average Bonchev–Trinajstić information content (AvgIpc) is 0.875. The van der Waals surface area contributed by atoms with Gasteiger partial charge < -0.3 is 121 Å². The van der Waals surface area contributed by atoms with Crippen molar-refractivity contribution in [1.29, 1.82) is 0 Å². The van der Waals surface area contributed by atoms with Gasteiger partial charge in [-0.3, -0.25) is 95.9 Å². The number of aliphatic carboxylic acids is 4. The third kappa shape index (κ3) is 33.3. The van der Waals surface area contributed by atoms with Gasteiger partial charge in [0.2, 0.25) is 88.6 Å². The van der Waals surface area contributed by atoms with Gasteiger partial charge in [-0.2, -0.15) is 0 Å². The zero-order valence-corrected chi connectivity index (χ0v) is 64.6. The first-order valence-electron chi connectivity index (χ1n) is 36.2. The summed E-state index contributed by atoms with van der Waals surface area (Å²) in [7, 11) is 0. The largest absolute Gasteiger partial charge is 0.481 e. The summed E-state index contributed by atoms with van der Waals surface area (Å²) < 4.78 is 0. The van der Waals surface area contributed by atoms with Crippen LogP contribution in [0.2, 0.25) is 0 Å². The smallest absolute Gasteiger partial charge is 0.325 e. The lowest BCUT2D eigenvalue weighted by molar-refractivity contribution is -0.143. The molecule has 0 fully saturated rings. The number of aliphatic hydroxyl groups excluding tert-OH is 3. The Labute approximate surface area is 663 Å². The van der Waals surface area contributed by atoms with E-state index in [1.54, 1.807) is 91.0 Å². The zero-order valence-electron chi connectivity index (χ0n) is 64.6. The zero-order chi connectivity index (χ0) is 87.4. The molecule has 0 spiro atoms. The number of carbonyl (C=O) groups is 20. The summed E-state index contributed by atoms with van der Waals surface area (Å²) in [5, 5.41) is 104. The summed E-state index contributed by atoms with van der Waals surface area (Å²) >= 11 is 0. The number of hydrogen-bond donors (Lipinski definition) is 23. The van der Waals surface area contributed by atoms with Crippen molar-refractivity contribution >= 4 is 118 Å². The molecule has 43 nitrogen and oxygen atoms in total. The van der Waals surface area contributed by atoms with Gasteiger partial charge in [0.25, 0.3) is 5.91 Å². The molecule has 116 heavy (non-hydrogen) atoms. The normalized spacial score (nSPS) is 15.0. The van der Waals surface area contributed by atoms with Gasteiger partial charge in [0.15, 0.2) is 0 Å². The van der Waals surface area contributed by atoms with Gasteiger partial charge >= 0.3 is 23.9 Å². The highest BCUT2D eigenvalue weighted by Gasteiger charge is 2.38. The molecule has 0 saturated carbocycles. The van der Waals surface area contributed by atoms with E-state index >= 15 is 0 Å². The Balaban J connectivity index is 1.66. The number of aliphatic hydroxyl groups is 3. The average molecular weight is 1630 g/mol. The minimum Gasteiger partial charge on any atom is -0.481 e. The summed E-state index contributed by atoms with van der Waals surface area (Å²) in [5.74, 6) is -25.0. The fraction of sp³-hybridized carbons (Fsp3) is 0.479. The van der Waals surface area contributed by atoms with E-state index in [-0.39, 0.29) is 18.4 Å². The molecule has 0 radical (unpaired) electrons. The first-order chi connectivity index (χ1) is 54.5. The molecule has 0 aromatic heterocycles. The third-order valence-corrected chi connectivity index (χ3v) is 17.1. The topological polar surface area (TPSA) is 675 Å².